The second kappa shape index (κ2) is 5.24. The number of carbonyl (C=O) groups is 1. The third-order valence-electron chi connectivity index (χ3n) is 1.75. The number of amides is 1. The van der Waals surface area contributed by atoms with Gasteiger partial charge < -0.3 is 16.2 Å². The van der Waals surface area contributed by atoms with Crippen LogP contribution in [0.1, 0.15) is 5.56 Å². The molecule has 0 aliphatic carbocycles. The van der Waals surface area contributed by atoms with Crippen LogP contribution in [-0.4, -0.2) is 24.2 Å². The minimum absolute atomic E-state index is 0.0390. The Hall–Kier alpha value is -1.55. The smallest absolute Gasteiger partial charge is 0.224 e. The molecule has 0 spiro atoms. The van der Waals surface area contributed by atoms with Crippen molar-refractivity contribution in [3.05, 3.63) is 29.8 Å². The molecule has 1 aromatic rings. The number of nitrogen functional groups attached to an aromatic ring is 1. The Kier molecular flexibility index (Phi) is 3.94. The summed E-state index contributed by atoms with van der Waals surface area (Å²) in [5.74, 6) is -0.107. The van der Waals surface area contributed by atoms with Crippen molar-refractivity contribution >= 4 is 11.6 Å². The fourth-order valence-electron chi connectivity index (χ4n) is 1.15. The molecule has 4 N–H and O–H groups in total. The lowest BCUT2D eigenvalue weighted by Crippen LogP contribution is -2.27. The van der Waals surface area contributed by atoms with Gasteiger partial charge in [0.1, 0.15) is 0 Å². The number of nitrogens with one attached hydrogen (secondary N) is 1. The first-order valence-corrected chi connectivity index (χ1v) is 4.44. The first-order chi connectivity index (χ1) is 6.72. The van der Waals surface area contributed by atoms with E-state index < -0.39 is 0 Å². The molecule has 76 valence electrons. The van der Waals surface area contributed by atoms with E-state index >= 15 is 0 Å². The number of aliphatic hydroxyl groups excluding tert-OH is 1. The average molecular weight is 194 g/mol. The second-order valence-corrected chi connectivity index (χ2v) is 3.00. The minimum Gasteiger partial charge on any atom is -0.399 e. The summed E-state index contributed by atoms with van der Waals surface area (Å²) < 4.78 is 0. The van der Waals surface area contributed by atoms with Gasteiger partial charge in [0, 0.05) is 12.2 Å². The van der Waals surface area contributed by atoms with Gasteiger partial charge in [-0.3, -0.25) is 4.79 Å². The van der Waals surface area contributed by atoms with E-state index in [4.69, 9.17) is 10.8 Å². The molecular weight excluding hydrogens is 180 g/mol. The van der Waals surface area contributed by atoms with Crippen molar-refractivity contribution < 1.29 is 9.90 Å². The van der Waals surface area contributed by atoms with Crippen molar-refractivity contribution in [1.29, 1.82) is 0 Å². The molecule has 0 atom stereocenters. The van der Waals surface area contributed by atoms with E-state index in [1.807, 2.05) is 12.1 Å². The molecule has 0 aliphatic heterocycles. The summed E-state index contributed by atoms with van der Waals surface area (Å²) in [5.41, 5.74) is 7.09. The number of hydrogen-bond acceptors (Lipinski definition) is 3. The van der Waals surface area contributed by atoms with Gasteiger partial charge >= 0.3 is 0 Å². The van der Waals surface area contributed by atoms with Crippen molar-refractivity contribution in [2.75, 3.05) is 18.9 Å². The largest absolute Gasteiger partial charge is 0.399 e. The maximum atomic E-state index is 11.2. The number of rotatable bonds is 4. The van der Waals surface area contributed by atoms with E-state index in [-0.39, 0.29) is 12.5 Å². The van der Waals surface area contributed by atoms with E-state index in [1.54, 1.807) is 12.1 Å². The minimum atomic E-state index is -0.107. The highest BCUT2D eigenvalue weighted by atomic mass is 16.3. The zero-order valence-corrected chi connectivity index (χ0v) is 7.86. The Labute approximate surface area is 82.7 Å². The lowest BCUT2D eigenvalue weighted by atomic mass is 10.1. The van der Waals surface area contributed by atoms with Crippen molar-refractivity contribution in [1.82, 2.24) is 5.32 Å². The lowest BCUT2D eigenvalue weighted by molar-refractivity contribution is -0.120. The van der Waals surface area contributed by atoms with E-state index in [0.29, 0.717) is 18.7 Å². The molecule has 0 saturated carbocycles. The van der Waals surface area contributed by atoms with Crippen LogP contribution in [0.2, 0.25) is 0 Å². The van der Waals surface area contributed by atoms with Crippen LogP contribution < -0.4 is 11.1 Å². The highest BCUT2D eigenvalue weighted by Crippen LogP contribution is 2.06. The third-order valence-corrected chi connectivity index (χ3v) is 1.75. The number of hydrogen-bond donors (Lipinski definition) is 3. The van der Waals surface area contributed by atoms with Crippen molar-refractivity contribution in [3.63, 3.8) is 0 Å². The van der Waals surface area contributed by atoms with Crippen molar-refractivity contribution in [3.8, 4) is 0 Å². The summed E-state index contributed by atoms with van der Waals surface area (Å²) in [6.45, 7) is 0.254. The molecule has 0 heterocycles. The van der Waals surface area contributed by atoms with E-state index in [0.717, 1.165) is 5.56 Å². The van der Waals surface area contributed by atoms with Gasteiger partial charge in [0.2, 0.25) is 5.91 Å². The number of nitrogens with two attached hydrogens (primary N) is 1. The molecule has 4 nitrogen and oxygen atoms in total. The van der Waals surface area contributed by atoms with Gasteiger partial charge in [0.15, 0.2) is 0 Å². The van der Waals surface area contributed by atoms with Crippen LogP contribution in [0.4, 0.5) is 5.69 Å². The fourth-order valence-corrected chi connectivity index (χ4v) is 1.15. The summed E-state index contributed by atoms with van der Waals surface area (Å²) in [6, 6.07) is 7.19. The Morgan fingerprint density at radius 3 is 2.93 bits per heavy atom. The Balaban J connectivity index is 2.47. The molecule has 0 aliphatic rings. The molecule has 0 bridgehead atoms. The predicted molar refractivity (Wildman–Crippen MR) is 54.7 cm³/mol. The molecule has 0 saturated heterocycles. The van der Waals surface area contributed by atoms with E-state index in [9.17, 15) is 4.79 Å². The fraction of sp³-hybridized carbons (Fsp3) is 0.300. The van der Waals surface area contributed by atoms with Crippen LogP contribution in [0.5, 0.6) is 0 Å². The standard InChI is InChI=1S/C10H14N2O2/c11-9-3-1-2-8(6-9)7-10(14)12-4-5-13/h1-3,6,13H,4-5,7,11H2,(H,12,14). The van der Waals surface area contributed by atoms with Crippen LogP contribution in [-0.2, 0) is 11.2 Å². The van der Waals surface area contributed by atoms with Gasteiger partial charge in [0.05, 0.1) is 13.0 Å². The van der Waals surface area contributed by atoms with Crippen LogP contribution >= 0.6 is 0 Å². The van der Waals surface area contributed by atoms with Crippen molar-refractivity contribution in [2.24, 2.45) is 0 Å². The number of carbonyl (C=O) groups excluding carboxylic acids is 1. The van der Waals surface area contributed by atoms with E-state index in [1.165, 1.54) is 0 Å². The molecule has 1 rings (SSSR count). The van der Waals surface area contributed by atoms with Gasteiger partial charge in [-0.05, 0) is 17.7 Å². The summed E-state index contributed by atoms with van der Waals surface area (Å²) in [6.07, 6.45) is 0.297. The van der Waals surface area contributed by atoms with Gasteiger partial charge in [-0.2, -0.15) is 0 Å². The maximum absolute atomic E-state index is 11.2. The molecule has 14 heavy (non-hydrogen) atoms. The normalized spacial score (nSPS) is 9.79. The van der Waals surface area contributed by atoms with Gasteiger partial charge in [-0.1, -0.05) is 12.1 Å². The molecule has 4 heteroatoms. The first kappa shape index (κ1) is 10.5. The summed E-state index contributed by atoms with van der Waals surface area (Å²) in [4.78, 5) is 11.2. The Morgan fingerprint density at radius 1 is 1.50 bits per heavy atom. The molecular formula is C10H14N2O2. The molecule has 0 radical (unpaired) electrons. The number of aliphatic hydroxyl groups is 1. The zero-order valence-electron chi connectivity index (χ0n) is 7.86. The maximum Gasteiger partial charge on any atom is 0.224 e. The average Bonchev–Trinajstić information content (AvgIpc) is 2.15. The second-order valence-electron chi connectivity index (χ2n) is 3.00. The van der Waals surface area contributed by atoms with E-state index in [2.05, 4.69) is 5.32 Å². The highest BCUT2D eigenvalue weighted by molar-refractivity contribution is 5.78. The SMILES string of the molecule is Nc1cccc(CC(=O)NCCO)c1. The summed E-state index contributed by atoms with van der Waals surface area (Å²) in [5, 5.41) is 11.1. The molecule has 0 unspecified atom stereocenters. The number of benzene rings is 1. The van der Waals surface area contributed by atoms with Crippen LogP contribution in [0.25, 0.3) is 0 Å². The van der Waals surface area contributed by atoms with Crippen LogP contribution in [0, 0.1) is 0 Å². The van der Waals surface area contributed by atoms with Crippen LogP contribution in [0.3, 0.4) is 0 Å². The molecule has 0 aromatic heterocycles. The Morgan fingerprint density at radius 2 is 2.29 bits per heavy atom. The number of anilines is 1. The summed E-state index contributed by atoms with van der Waals surface area (Å²) in [7, 11) is 0. The lowest BCUT2D eigenvalue weighted by Gasteiger charge is -2.03. The van der Waals surface area contributed by atoms with Gasteiger partial charge in [-0.25, -0.2) is 0 Å². The van der Waals surface area contributed by atoms with Gasteiger partial charge in [0.25, 0.3) is 0 Å². The Bertz CT molecular complexity index is 313. The molecule has 1 aromatic carbocycles. The van der Waals surface area contributed by atoms with Crippen molar-refractivity contribution in [2.45, 2.75) is 6.42 Å². The first-order valence-electron chi connectivity index (χ1n) is 4.44. The monoisotopic (exact) mass is 194 g/mol. The quantitative estimate of drug-likeness (QED) is 0.587. The highest BCUT2D eigenvalue weighted by Gasteiger charge is 2.01. The third kappa shape index (κ3) is 3.45. The predicted octanol–water partition coefficient (Wildman–Crippen LogP) is -0.0802. The van der Waals surface area contributed by atoms with Crippen LogP contribution in [0.15, 0.2) is 24.3 Å². The topological polar surface area (TPSA) is 75.4 Å². The van der Waals surface area contributed by atoms with Gasteiger partial charge in [-0.15, -0.1) is 0 Å². The molecule has 0 fully saturated rings. The zero-order chi connectivity index (χ0) is 10.4. The molecule has 1 amide bonds. The summed E-state index contributed by atoms with van der Waals surface area (Å²) >= 11 is 0.